The van der Waals surface area contributed by atoms with E-state index in [0.29, 0.717) is 48.1 Å². The summed E-state index contributed by atoms with van der Waals surface area (Å²) in [5, 5.41) is 11.2. The summed E-state index contributed by atoms with van der Waals surface area (Å²) in [5.41, 5.74) is 0.462. The number of halogens is 3. The first-order valence-corrected chi connectivity index (χ1v) is 13.0. The molecule has 10 nitrogen and oxygen atoms in total. The van der Waals surface area contributed by atoms with Gasteiger partial charge in [-0.3, -0.25) is 15.1 Å². The number of nitrogens with zero attached hydrogens (tertiary/aromatic N) is 6. The van der Waals surface area contributed by atoms with Crippen molar-refractivity contribution < 1.29 is 22.7 Å². The van der Waals surface area contributed by atoms with Crippen LogP contribution in [0.2, 0.25) is 0 Å². The van der Waals surface area contributed by atoms with Crippen molar-refractivity contribution in [3.63, 3.8) is 0 Å². The number of anilines is 3. The molecule has 1 atom stereocenters. The number of carbonyl (C=O) groups excluding carboxylic acids is 1. The molecule has 4 heterocycles. The quantitative estimate of drug-likeness (QED) is 0.437. The van der Waals surface area contributed by atoms with Crippen LogP contribution in [-0.2, 0) is 21.6 Å². The highest BCUT2D eigenvalue weighted by Gasteiger charge is 2.56. The third-order valence-electron chi connectivity index (χ3n) is 8.02. The number of likely N-dealkylation sites (tertiary alicyclic amines) is 1. The number of alkyl halides is 3. The minimum atomic E-state index is -4.44. The van der Waals surface area contributed by atoms with Gasteiger partial charge in [-0.05, 0) is 38.5 Å². The maximum absolute atomic E-state index is 14.0. The Balaban J connectivity index is 1.32. The molecular weight excluding hydrogens is 501 g/mol. The van der Waals surface area contributed by atoms with Crippen LogP contribution in [0.25, 0.3) is 0 Å². The number of amides is 1. The van der Waals surface area contributed by atoms with Crippen molar-refractivity contribution in [2.75, 3.05) is 23.8 Å². The van der Waals surface area contributed by atoms with E-state index in [1.54, 1.807) is 19.4 Å². The van der Waals surface area contributed by atoms with Crippen LogP contribution in [0.15, 0.2) is 12.4 Å². The number of aromatic nitrogens is 4. The van der Waals surface area contributed by atoms with E-state index >= 15 is 0 Å². The lowest BCUT2D eigenvalue weighted by atomic mass is 9.80. The summed E-state index contributed by atoms with van der Waals surface area (Å²) < 4.78 is 45.6. The average Bonchev–Trinajstić information content (AvgIpc) is 3.32. The van der Waals surface area contributed by atoms with E-state index in [1.165, 1.54) is 4.90 Å². The molecular formula is C25H29F3N8O2. The number of ether oxygens (including phenoxy) is 1. The van der Waals surface area contributed by atoms with E-state index in [1.807, 2.05) is 0 Å². The third kappa shape index (κ3) is 4.02. The summed E-state index contributed by atoms with van der Waals surface area (Å²) in [4.78, 5) is 34.6. The zero-order valence-electron chi connectivity index (χ0n) is 21.0. The first-order chi connectivity index (χ1) is 18.2. The van der Waals surface area contributed by atoms with Crippen LogP contribution in [0.3, 0.4) is 0 Å². The van der Waals surface area contributed by atoms with Crippen LogP contribution < -0.4 is 10.2 Å². The van der Waals surface area contributed by atoms with Crippen molar-refractivity contribution in [2.24, 2.45) is 0 Å². The van der Waals surface area contributed by atoms with Gasteiger partial charge in [-0.1, -0.05) is 12.8 Å². The van der Waals surface area contributed by atoms with Crippen LogP contribution in [0.1, 0.15) is 74.5 Å². The van der Waals surface area contributed by atoms with Crippen molar-refractivity contribution in [2.45, 2.75) is 81.5 Å². The number of hydrogen-bond donors (Lipinski definition) is 2. The van der Waals surface area contributed by atoms with Gasteiger partial charge in [0.05, 0.1) is 29.1 Å². The molecule has 0 aromatic carbocycles. The highest BCUT2D eigenvalue weighted by molar-refractivity contribution is 6.13. The van der Waals surface area contributed by atoms with Crippen molar-refractivity contribution in [3.05, 3.63) is 29.6 Å². The predicted molar refractivity (Wildman–Crippen MR) is 131 cm³/mol. The fourth-order valence-electron chi connectivity index (χ4n) is 6.01. The first-order valence-electron chi connectivity index (χ1n) is 13.0. The summed E-state index contributed by atoms with van der Waals surface area (Å²) in [6.07, 6.45) is 4.37. The van der Waals surface area contributed by atoms with Gasteiger partial charge in [-0.2, -0.15) is 13.2 Å². The molecule has 0 radical (unpaired) electrons. The summed E-state index contributed by atoms with van der Waals surface area (Å²) >= 11 is 0. The Morgan fingerprint density at radius 2 is 1.87 bits per heavy atom. The molecule has 13 heteroatoms. The predicted octanol–water partition coefficient (Wildman–Crippen LogP) is 4.15. The largest absolute Gasteiger partial charge is 0.457 e. The average molecular weight is 531 g/mol. The lowest BCUT2D eigenvalue weighted by Crippen LogP contribution is -2.45. The molecule has 0 unspecified atom stereocenters. The second kappa shape index (κ2) is 9.05. The van der Waals surface area contributed by atoms with Crippen molar-refractivity contribution in [1.82, 2.24) is 24.8 Å². The maximum Gasteiger partial charge on any atom is 0.408 e. The zero-order valence-corrected chi connectivity index (χ0v) is 21.0. The van der Waals surface area contributed by atoms with Crippen molar-refractivity contribution >= 4 is 29.3 Å². The summed E-state index contributed by atoms with van der Waals surface area (Å²) in [7, 11) is 1.71. The highest BCUT2D eigenvalue weighted by Crippen LogP contribution is 2.54. The standard InChI is InChI=1S/C25H29F3N8O2/c1-30-20-18-21(34-17(33-20)13-38-23(29)35-10-4-5-16(35)25(26,27)28)36(22(37)24(18)8-2-3-9-24)15-11-31-19(32-12-15)14-6-7-14/h11-12,14,16,29H,2-10,13H2,1H3,(H,30,33,34)/t16-/m1/s1. The van der Waals surface area contributed by atoms with Gasteiger partial charge in [0.1, 0.15) is 23.5 Å². The van der Waals surface area contributed by atoms with Crippen LogP contribution in [0.4, 0.5) is 30.5 Å². The Bertz CT molecular complexity index is 1260. The van der Waals surface area contributed by atoms with Crippen molar-refractivity contribution in [3.8, 4) is 0 Å². The number of nitrogens with one attached hydrogen (secondary N) is 2. The second-order valence-corrected chi connectivity index (χ2v) is 10.4. The Kier molecular flexibility index (Phi) is 5.91. The smallest absolute Gasteiger partial charge is 0.408 e. The molecule has 2 aromatic heterocycles. The number of carbonyl (C=O) groups is 1. The van der Waals surface area contributed by atoms with E-state index in [0.717, 1.165) is 36.4 Å². The molecule has 2 aromatic rings. The fourth-order valence-corrected chi connectivity index (χ4v) is 6.01. The minimum absolute atomic E-state index is 0.0742. The van der Waals surface area contributed by atoms with Gasteiger partial charge < -0.3 is 15.0 Å². The van der Waals surface area contributed by atoms with Crippen LogP contribution in [0.5, 0.6) is 0 Å². The van der Waals surface area contributed by atoms with Gasteiger partial charge in [0.25, 0.3) is 6.02 Å². The molecule has 2 aliphatic carbocycles. The van der Waals surface area contributed by atoms with Gasteiger partial charge in [-0.15, -0.1) is 0 Å². The first kappa shape index (κ1) is 24.8. The zero-order chi connectivity index (χ0) is 26.7. The molecule has 2 aliphatic heterocycles. The lowest BCUT2D eigenvalue weighted by Gasteiger charge is -2.27. The molecule has 0 bridgehead atoms. The number of fused-ring (bicyclic) bond motifs is 2. The molecule has 202 valence electrons. The second-order valence-electron chi connectivity index (χ2n) is 10.4. The molecule has 1 spiro atoms. The lowest BCUT2D eigenvalue weighted by molar-refractivity contribution is -0.169. The Morgan fingerprint density at radius 1 is 1.16 bits per heavy atom. The highest BCUT2D eigenvalue weighted by atomic mass is 19.4. The number of hydrogen-bond acceptors (Lipinski definition) is 8. The van der Waals surface area contributed by atoms with E-state index < -0.39 is 23.7 Å². The Hall–Kier alpha value is -3.51. The molecule has 38 heavy (non-hydrogen) atoms. The van der Waals surface area contributed by atoms with Gasteiger partial charge in [-0.25, -0.2) is 19.9 Å². The fraction of sp³-hybridized carbons (Fsp3) is 0.600. The van der Waals surface area contributed by atoms with Gasteiger partial charge >= 0.3 is 6.18 Å². The molecule has 6 rings (SSSR count). The number of rotatable bonds is 5. The van der Waals surface area contributed by atoms with Crippen molar-refractivity contribution in [1.29, 1.82) is 5.41 Å². The Morgan fingerprint density at radius 3 is 2.50 bits per heavy atom. The van der Waals surface area contributed by atoms with Gasteiger partial charge in [0.15, 0.2) is 12.4 Å². The SMILES string of the molecule is CNc1nc(COC(=N)N2CCC[C@@H]2C(F)(F)F)nc2c1C1(CCCC1)C(=O)N2c1cnc(C2CC2)nc1. The summed E-state index contributed by atoms with van der Waals surface area (Å²) in [6.45, 7) is -0.217. The summed E-state index contributed by atoms with van der Waals surface area (Å²) in [5.74, 6) is 2.07. The van der Waals surface area contributed by atoms with E-state index in [2.05, 4.69) is 25.3 Å². The monoisotopic (exact) mass is 530 g/mol. The van der Waals surface area contributed by atoms with Crippen LogP contribution >= 0.6 is 0 Å². The van der Waals surface area contributed by atoms with E-state index in [-0.39, 0.29) is 31.3 Å². The normalized spacial score (nSPS) is 22.3. The van der Waals surface area contributed by atoms with Crippen LogP contribution in [-0.4, -0.2) is 62.6 Å². The van der Waals surface area contributed by atoms with E-state index in [9.17, 15) is 18.0 Å². The topological polar surface area (TPSA) is 120 Å². The molecule has 2 saturated carbocycles. The van der Waals surface area contributed by atoms with E-state index in [4.69, 9.17) is 10.1 Å². The number of amidine groups is 1. The minimum Gasteiger partial charge on any atom is -0.457 e. The molecule has 3 fully saturated rings. The molecule has 1 amide bonds. The maximum atomic E-state index is 14.0. The summed E-state index contributed by atoms with van der Waals surface area (Å²) in [6, 6.07) is -2.30. The molecule has 4 aliphatic rings. The van der Waals surface area contributed by atoms with Crippen LogP contribution in [0, 0.1) is 5.41 Å². The Labute approximate surface area is 217 Å². The van der Waals surface area contributed by atoms with Gasteiger partial charge in [0, 0.05) is 19.5 Å². The molecule has 1 saturated heterocycles. The third-order valence-corrected chi connectivity index (χ3v) is 8.02. The van der Waals surface area contributed by atoms with Gasteiger partial charge in [0.2, 0.25) is 5.91 Å². The molecule has 2 N–H and O–H groups in total.